The molecule has 0 aliphatic heterocycles. The van der Waals surface area contributed by atoms with E-state index in [-0.39, 0.29) is 23.8 Å². The van der Waals surface area contributed by atoms with Crippen molar-refractivity contribution in [1.82, 2.24) is 0 Å². The van der Waals surface area contributed by atoms with Crippen LogP contribution in [-0.4, -0.2) is 24.4 Å². The number of amides is 1. The summed E-state index contributed by atoms with van der Waals surface area (Å²) in [5, 5.41) is 17.9. The van der Waals surface area contributed by atoms with Crippen molar-refractivity contribution in [3.8, 4) is 0 Å². The number of nitrogens with zero attached hydrogens (tertiary/aromatic N) is 1. The number of nitrogens with one attached hydrogen (secondary N) is 2. The van der Waals surface area contributed by atoms with Crippen LogP contribution in [0.15, 0.2) is 35.0 Å². The molecule has 0 aliphatic rings. The maximum absolute atomic E-state index is 12.0. The van der Waals surface area contributed by atoms with Gasteiger partial charge in [-0.05, 0) is 29.0 Å². The molecule has 2 rings (SSSR count). The summed E-state index contributed by atoms with van der Waals surface area (Å²) in [6.07, 6.45) is 0. The highest BCUT2D eigenvalue weighted by Gasteiger charge is 2.18. The minimum atomic E-state index is -0.548. The number of nitro benzene ring substituents is 1. The van der Waals surface area contributed by atoms with Gasteiger partial charge in [0.2, 0.25) is 0 Å². The van der Waals surface area contributed by atoms with Crippen molar-refractivity contribution < 1.29 is 14.6 Å². The van der Waals surface area contributed by atoms with Crippen molar-refractivity contribution in [1.29, 1.82) is 0 Å². The maximum atomic E-state index is 12.0. The molecule has 0 aliphatic carbocycles. The minimum Gasteiger partial charge on any atom is -0.326 e. The van der Waals surface area contributed by atoms with Crippen LogP contribution < -0.4 is 10.2 Å². The SMILES string of the molecule is C[NH+](CC(=O)Nc1cc(Cl)ccc1[N+](=O)[O-])Cc1ccsc1. The van der Waals surface area contributed by atoms with Gasteiger partial charge in [-0.2, -0.15) is 11.3 Å². The van der Waals surface area contributed by atoms with E-state index < -0.39 is 4.92 Å². The van der Waals surface area contributed by atoms with Gasteiger partial charge in [-0.15, -0.1) is 0 Å². The molecule has 0 bridgehead atoms. The fourth-order valence-electron chi connectivity index (χ4n) is 2.04. The summed E-state index contributed by atoms with van der Waals surface area (Å²) >= 11 is 7.43. The Bertz CT molecular complexity index is 676. The monoisotopic (exact) mass is 340 g/mol. The number of halogens is 1. The first-order valence-corrected chi connectivity index (χ1v) is 7.84. The van der Waals surface area contributed by atoms with Crippen LogP contribution in [0.2, 0.25) is 5.02 Å². The Balaban J connectivity index is 1.99. The molecular formula is C14H15ClN3O3S+. The van der Waals surface area contributed by atoms with Crippen molar-refractivity contribution in [2.24, 2.45) is 0 Å². The van der Waals surface area contributed by atoms with Crippen molar-refractivity contribution in [3.63, 3.8) is 0 Å². The molecule has 1 aromatic heterocycles. The van der Waals surface area contributed by atoms with E-state index >= 15 is 0 Å². The third-order valence-corrected chi connectivity index (χ3v) is 3.94. The lowest BCUT2D eigenvalue weighted by Crippen LogP contribution is -3.08. The first-order chi connectivity index (χ1) is 10.5. The highest BCUT2D eigenvalue weighted by Crippen LogP contribution is 2.27. The lowest BCUT2D eigenvalue weighted by Gasteiger charge is -2.13. The molecular weight excluding hydrogens is 326 g/mol. The molecule has 1 atom stereocenters. The second-order valence-electron chi connectivity index (χ2n) is 4.91. The van der Waals surface area contributed by atoms with Gasteiger partial charge in [0.1, 0.15) is 12.2 Å². The minimum absolute atomic E-state index is 0.117. The molecule has 0 saturated carbocycles. The Kier molecular flexibility index (Phi) is 5.48. The smallest absolute Gasteiger partial charge is 0.292 e. The highest BCUT2D eigenvalue weighted by atomic mass is 35.5. The molecule has 0 spiro atoms. The topological polar surface area (TPSA) is 76.7 Å². The fourth-order valence-corrected chi connectivity index (χ4v) is 2.88. The number of hydrogen-bond acceptors (Lipinski definition) is 4. The van der Waals surface area contributed by atoms with Gasteiger partial charge in [0, 0.05) is 16.7 Å². The number of hydrogen-bond donors (Lipinski definition) is 2. The molecule has 8 heteroatoms. The normalized spacial score (nSPS) is 11.9. The van der Waals surface area contributed by atoms with E-state index in [1.165, 1.54) is 18.2 Å². The zero-order chi connectivity index (χ0) is 16.1. The average molecular weight is 341 g/mol. The Hall–Kier alpha value is -1.96. The fraction of sp³-hybridized carbons (Fsp3) is 0.214. The Morgan fingerprint density at radius 1 is 1.45 bits per heavy atom. The summed E-state index contributed by atoms with van der Waals surface area (Å²) in [5.74, 6) is -0.293. The number of benzene rings is 1. The number of likely N-dealkylation sites (N-methyl/N-ethyl adjacent to an activating group) is 1. The first-order valence-electron chi connectivity index (χ1n) is 6.52. The summed E-state index contributed by atoms with van der Waals surface area (Å²) in [6, 6.07) is 6.09. The molecule has 6 nitrogen and oxygen atoms in total. The van der Waals surface area contributed by atoms with Crippen LogP contribution in [0.5, 0.6) is 0 Å². The second kappa shape index (κ2) is 7.35. The first kappa shape index (κ1) is 16.4. The highest BCUT2D eigenvalue weighted by molar-refractivity contribution is 7.07. The number of anilines is 1. The van der Waals surface area contributed by atoms with Crippen LogP contribution in [0.1, 0.15) is 5.56 Å². The zero-order valence-electron chi connectivity index (χ0n) is 11.8. The Morgan fingerprint density at radius 3 is 2.86 bits per heavy atom. The number of thiophene rings is 1. The van der Waals surface area contributed by atoms with Gasteiger partial charge in [0.25, 0.3) is 11.6 Å². The van der Waals surface area contributed by atoms with E-state index in [1.54, 1.807) is 11.3 Å². The summed E-state index contributed by atoms with van der Waals surface area (Å²) in [7, 11) is 1.89. The van der Waals surface area contributed by atoms with Gasteiger partial charge >= 0.3 is 0 Å². The molecule has 0 saturated heterocycles. The Labute approximate surface area is 136 Å². The molecule has 116 valence electrons. The molecule has 0 fully saturated rings. The van der Waals surface area contributed by atoms with Gasteiger partial charge in [-0.25, -0.2) is 0 Å². The molecule has 1 heterocycles. The van der Waals surface area contributed by atoms with Crippen LogP contribution in [0.25, 0.3) is 0 Å². The molecule has 1 unspecified atom stereocenters. The number of rotatable bonds is 6. The summed E-state index contributed by atoms with van der Waals surface area (Å²) in [4.78, 5) is 23.4. The third-order valence-electron chi connectivity index (χ3n) is 2.98. The molecule has 2 aromatic rings. The second-order valence-corrected chi connectivity index (χ2v) is 6.13. The van der Waals surface area contributed by atoms with E-state index in [0.29, 0.717) is 11.6 Å². The lowest BCUT2D eigenvalue weighted by atomic mass is 10.2. The van der Waals surface area contributed by atoms with E-state index in [4.69, 9.17) is 11.6 Å². The van der Waals surface area contributed by atoms with Crippen LogP contribution in [0, 0.1) is 10.1 Å². The van der Waals surface area contributed by atoms with Crippen LogP contribution in [0.4, 0.5) is 11.4 Å². The van der Waals surface area contributed by atoms with Gasteiger partial charge in [0.05, 0.1) is 12.0 Å². The molecule has 22 heavy (non-hydrogen) atoms. The predicted octanol–water partition coefficient (Wildman–Crippen LogP) is 1.96. The van der Waals surface area contributed by atoms with E-state index in [0.717, 1.165) is 10.5 Å². The lowest BCUT2D eigenvalue weighted by molar-refractivity contribution is -0.885. The van der Waals surface area contributed by atoms with E-state index in [1.807, 2.05) is 23.9 Å². The van der Waals surface area contributed by atoms with Crippen LogP contribution in [0.3, 0.4) is 0 Å². The van der Waals surface area contributed by atoms with Crippen molar-refractivity contribution in [2.45, 2.75) is 6.54 Å². The largest absolute Gasteiger partial charge is 0.326 e. The number of carbonyl (C=O) groups is 1. The predicted molar refractivity (Wildman–Crippen MR) is 86.5 cm³/mol. The third kappa shape index (κ3) is 4.52. The quantitative estimate of drug-likeness (QED) is 0.623. The summed E-state index contributed by atoms with van der Waals surface area (Å²) in [6.45, 7) is 0.925. The summed E-state index contributed by atoms with van der Waals surface area (Å²) in [5.41, 5.74) is 1.10. The molecule has 2 N–H and O–H groups in total. The van der Waals surface area contributed by atoms with E-state index in [2.05, 4.69) is 5.32 Å². The standard InChI is InChI=1S/C14H14ClN3O3S/c1-17(7-10-4-5-22-9-10)8-14(19)16-12-6-11(15)2-3-13(12)18(20)21/h2-6,9H,7-8H2,1H3,(H,16,19)/p+1. The van der Waals surface area contributed by atoms with Gasteiger partial charge in [-0.1, -0.05) is 11.6 Å². The van der Waals surface area contributed by atoms with Crippen LogP contribution in [-0.2, 0) is 11.3 Å². The Morgan fingerprint density at radius 2 is 2.23 bits per heavy atom. The number of nitro groups is 1. The molecule has 1 amide bonds. The van der Waals surface area contributed by atoms with Crippen molar-refractivity contribution in [3.05, 3.63) is 55.7 Å². The number of carbonyl (C=O) groups excluding carboxylic acids is 1. The van der Waals surface area contributed by atoms with Crippen LogP contribution >= 0.6 is 22.9 Å². The van der Waals surface area contributed by atoms with E-state index in [9.17, 15) is 14.9 Å². The van der Waals surface area contributed by atoms with Crippen molar-refractivity contribution in [2.75, 3.05) is 18.9 Å². The summed E-state index contributed by atoms with van der Waals surface area (Å²) < 4.78 is 0. The zero-order valence-corrected chi connectivity index (χ0v) is 13.4. The van der Waals surface area contributed by atoms with Gasteiger partial charge in [-0.3, -0.25) is 14.9 Å². The maximum Gasteiger partial charge on any atom is 0.292 e. The number of quaternary nitrogens is 1. The van der Waals surface area contributed by atoms with Crippen molar-refractivity contribution >= 4 is 40.2 Å². The average Bonchev–Trinajstić information content (AvgIpc) is 2.90. The molecule has 1 aromatic carbocycles. The van der Waals surface area contributed by atoms with Gasteiger partial charge < -0.3 is 10.2 Å². The van der Waals surface area contributed by atoms with Gasteiger partial charge in [0.15, 0.2) is 6.54 Å². The molecule has 0 radical (unpaired) electrons.